The fourth-order valence-corrected chi connectivity index (χ4v) is 5.69. The Balaban J connectivity index is 1.64. The zero-order valence-electron chi connectivity index (χ0n) is 17.1. The third kappa shape index (κ3) is 3.50. The van der Waals surface area contributed by atoms with Gasteiger partial charge >= 0.3 is 0 Å². The molecule has 0 N–H and O–H groups in total. The van der Waals surface area contributed by atoms with Gasteiger partial charge in [-0.3, -0.25) is 0 Å². The maximum atomic E-state index is 4.47. The molecule has 0 aliphatic carbocycles. The molecule has 0 saturated carbocycles. The third-order valence-electron chi connectivity index (χ3n) is 5.22. The summed E-state index contributed by atoms with van der Waals surface area (Å²) < 4.78 is 0. The van der Waals surface area contributed by atoms with E-state index in [2.05, 4.69) is 82.8 Å². The highest BCUT2D eigenvalue weighted by Gasteiger charge is 2.13. The maximum absolute atomic E-state index is 4.47. The van der Waals surface area contributed by atoms with Crippen LogP contribution < -0.4 is 0 Å². The first-order valence-electron chi connectivity index (χ1n) is 10.4. The van der Waals surface area contributed by atoms with Gasteiger partial charge in [-0.1, -0.05) is 79.0 Å². The number of fused-ring (bicyclic) bond motifs is 3. The number of hydrogen-bond donors (Lipinski definition) is 0. The number of benzene rings is 3. The van der Waals surface area contributed by atoms with Crippen LogP contribution in [0, 0.1) is 0 Å². The minimum atomic E-state index is 0.983. The number of hydrogen-bond acceptors (Lipinski definition) is 6. The molecular formula is C24H22N4S2. The lowest BCUT2D eigenvalue weighted by atomic mass is 9.97. The fraction of sp³-hybridized carbons (Fsp3) is 0.250. The Morgan fingerprint density at radius 3 is 2.13 bits per heavy atom. The van der Waals surface area contributed by atoms with Crippen LogP contribution in [0.2, 0.25) is 0 Å². The fourth-order valence-electron chi connectivity index (χ4n) is 3.77. The highest BCUT2D eigenvalue weighted by molar-refractivity contribution is 7.15. The van der Waals surface area contributed by atoms with Gasteiger partial charge < -0.3 is 0 Å². The molecule has 0 unspecified atom stereocenters. The van der Waals surface area contributed by atoms with E-state index < -0.39 is 0 Å². The van der Waals surface area contributed by atoms with E-state index in [1.54, 1.807) is 22.7 Å². The van der Waals surface area contributed by atoms with Gasteiger partial charge in [0.15, 0.2) is 0 Å². The lowest BCUT2D eigenvalue weighted by Crippen LogP contribution is -1.84. The molecule has 0 aliphatic heterocycles. The first-order chi connectivity index (χ1) is 14.8. The molecule has 30 heavy (non-hydrogen) atoms. The van der Waals surface area contributed by atoms with Gasteiger partial charge in [-0.05, 0) is 40.5 Å². The highest BCUT2D eigenvalue weighted by Crippen LogP contribution is 2.36. The van der Waals surface area contributed by atoms with Gasteiger partial charge in [0.05, 0.1) is 0 Å². The summed E-state index contributed by atoms with van der Waals surface area (Å²) in [4.78, 5) is 0. The van der Waals surface area contributed by atoms with Crippen molar-refractivity contribution in [2.75, 3.05) is 0 Å². The lowest BCUT2D eigenvalue weighted by molar-refractivity contribution is 0.879. The molecule has 0 saturated heterocycles. The van der Waals surface area contributed by atoms with Crippen LogP contribution in [0.25, 0.3) is 42.7 Å². The van der Waals surface area contributed by atoms with Crippen LogP contribution in [0.4, 0.5) is 0 Å². The van der Waals surface area contributed by atoms with E-state index in [0.29, 0.717) is 0 Å². The summed E-state index contributed by atoms with van der Waals surface area (Å²) in [6.07, 6.45) is 4.14. The Hall–Kier alpha value is -2.70. The quantitative estimate of drug-likeness (QED) is 0.274. The molecule has 0 radical (unpaired) electrons. The minimum absolute atomic E-state index is 0.983. The molecule has 0 fully saturated rings. The zero-order valence-corrected chi connectivity index (χ0v) is 18.7. The molecule has 5 rings (SSSR count). The van der Waals surface area contributed by atoms with Crippen molar-refractivity contribution >= 4 is 44.2 Å². The van der Waals surface area contributed by atoms with E-state index >= 15 is 0 Å². The van der Waals surface area contributed by atoms with E-state index in [4.69, 9.17) is 0 Å². The predicted molar refractivity (Wildman–Crippen MR) is 127 cm³/mol. The Morgan fingerprint density at radius 1 is 0.667 bits per heavy atom. The van der Waals surface area contributed by atoms with Crippen molar-refractivity contribution < 1.29 is 0 Å². The van der Waals surface area contributed by atoms with Gasteiger partial charge in [0.1, 0.15) is 20.0 Å². The van der Waals surface area contributed by atoms with Crippen molar-refractivity contribution in [1.29, 1.82) is 0 Å². The molecule has 150 valence electrons. The van der Waals surface area contributed by atoms with Crippen LogP contribution >= 0.6 is 22.7 Å². The SMILES string of the molecule is CCCc1nnc(-c2ccc3ccc4c(-c5nnc(CCC)s5)cccc4c3c2)s1. The van der Waals surface area contributed by atoms with Crippen LogP contribution in [0.15, 0.2) is 48.5 Å². The van der Waals surface area contributed by atoms with E-state index in [1.165, 1.54) is 21.5 Å². The Labute approximate surface area is 183 Å². The smallest absolute Gasteiger partial charge is 0.143 e. The van der Waals surface area contributed by atoms with Gasteiger partial charge in [-0.15, -0.1) is 20.4 Å². The second-order valence-electron chi connectivity index (χ2n) is 7.40. The molecule has 0 amide bonds. The Morgan fingerprint density at radius 2 is 1.37 bits per heavy atom. The van der Waals surface area contributed by atoms with Crippen LogP contribution in [0.3, 0.4) is 0 Å². The van der Waals surface area contributed by atoms with Crippen LogP contribution in [-0.2, 0) is 12.8 Å². The number of aryl methyl sites for hydroxylation is 2. The third-order valence-corrected chi connectivity index (χ3v) is 7.27. The number of rotatable bonds is 6. The predicted octanol–water partition coefficient (Wildman–Crippen LogP) is 6.94. The summed E-state index contributed by atoms with van der Waals surface area (Å²) in [7, 11) is 0. The summed E-state index contributed by atoms with van der Waals surface area (Å²) in [6, 6.07) is 17.4. The number of aromatic nitrogens is 4. The van der Waals surface area contributed by atoms with E-state index in [-0.39, 0.29) is 0 Å². The topological polar surface area (TPSA) is 51.6 Å². The first-order valence-corrected chi connectivity index (χ1v) is 12.0. The number of nitrogens with zero attached hydrogens (tertiary/aromatic N) is 4. The van der Waals surface area contributed by atoms with Crippen LogP contribution in [0.1, 0.15) is 36.7 Å². The molecule has 3 aromatic carbocycles. The summed E-state index contributed by atoms with van der Waals surface area (Å²) in [6.45, 7) is 4.34. The molecule has 6 heteroatoms. The van der Waals surface area contributed by atoms with E-state index in [1.807, 2.05) is 0 Å². The average molecular weight is 431 g/mol. The van der Waals surface area contributed by atoms with Gasteiger partial charge in [-0.2, -0.15) is 0 Å². The lowest BCUT2D eigenvalue weighted by Gasteiger charge is -2.08. The monoisotopic (exact) mass is 430 g/mol. The zero-order chi connectivity index (χ0) is 20.5. The summed E-state index contributed by atoms with van der Waals surface area (Å²) in [5.74, 6) is 0. The van der Waals surface area contributed by atoms with Crippen molar-refractivity contribution in [1.82, 2.24) is 20.4 Å². The molecule has 0 atom stereocenters. The van der Waals surface area contributed by atoms with E-state index in [0.717, 1.165) is 56.8 Å². The van der Waals surface area contributed by atoms with Crippen molar-refractivity contribution in [3.63, 3.8) is 0 Å². The van der Waals surface area contributed by atoms with Crippen molar-refractivity contribution in [3.8, 4) is 21.1 Å². The van der Waals surface area contributed by atoms with Crippen molar-refractivity contribution in [2.45, 2.75) is 39.5 Å². The largest absolute Gasteiger partial charge is 0.148 e. The van der Waals surface area contributed by atoms with Crippen LogP contribution in [-0.4, -0.2) is 20.4 Å². The van der Waals surface area contributed by atoms with Gasteiger partial charge in [0.2, 0.25) is 0 Å². The normalized spacial score (nSPS) is 11.5. The molecule has 2 heterocycles. The Kier molecular flexibility index (Phi) is 5.27. The summed E-state index contributed by atoms with van der Waals surface area (Å²) in [5, 5.41) is 26.7. The summed E-state index contributed by atoms with van der Waals surface area (Å²) in [5.41, 5.74) is 2.28. The van der Waals surface area contributed by atoms with Gasteiger partial charge in [0.25, 0.3) is 0 Å². The molecule has 0 aliphatic rings. The Bertz CT molecular complexity index is 1340. The second kappa shape index (κ2) is 8.20. The standard InChI is InChI=1S/C24H22N4S2/c1-3-6-21-25-27-23(29-21)16-11-10-15-12-13-18-17(20(15)14-16)8-5-9-19(18)24-28-26-22(30-24)7-4-2/h5,8-14H,3-4,6-7H2,1-2H3. The van der Waals surface area contributed by atoms with Crippen molar-refractivity contribution in [2.24, 2.45) is 0 Å². The molecular weight excluding hydrogens is 408 g/mol. The van der Waals surface area contributed by atoms with Crippen molar-refractivity contribution in [3.05, 3.63) is 58.5 Å². The molecule has 0 spiro atoms. The maximum Gasteiger partial charge on any atom is 0.148 e. The molecule has 2 aromatic heterocycles. The molecule has 0 bridgehead atoms. The van der Waals surface area contributed by atoms with Gasteiger partial charge in [0, 0.05) is 24.0 Å². The first kappa shape index (κ1) is 19.3. The van der Waals surface area contributed by atoms with Gasteiger partial charge in [-0.25, -0.2) is 0 Å². The van der Waals surface area contributed by atoms with E-state index in [9.17, 15) is 0 Å². The molecule has 4 nitrogen and oxygen atoms in total. The highest BCUT2D eigenvalue weighted by atomic mass is 32.1. The second-order valence-corrected chi connectivity index (χ2v) is 9.53. The average Bonchev–Trinajstić information content (AvgIpc) is 3.43. The summed E-state index contributed by atoms with van der Waals surface area (Å²) >= 11 is 3.39. The van der Waals surface area contributed by atoms with Crippen LogP contribution in [0.5, 0.6) is 0 Å². The minimum Gasteiger partial charge on any atom is -0.143 e. The molecule has 5 aromatic rings.